The number of alkyl halides is 1. The number of carbonyl (C=O) groups is 1. The fourth-order valence-corrected chi connectivity index (χ4v) is 2.79. The number of benzene rings is 1. The molecule has 3 nitrogen and oxygen atoms in total. The molecule has 2 rings (SSSR count). The van der Waals surface area contributed by atoms with Crippen molar-refractivity contribution in [2.75, 3.05) is 6.61 Å². The molecule has 1 saturated carbocycles. The summed E-state index contributed by atoms with van der Waals surface area (Å²) in [7, 11) is 0. The van der Waals surface area contributed by atoms with Crippen LogP contribution in [0.4, 0.5) is 8.78 Å². The number of carbonyl (C=O) groups excluding carboxylic acids is 1. The lowest BCUT2D eigenvalue weighted by molar-refractivity contribution is 0.0927. The highest BCUT2D eigenvalue weighted by Crippen LogP contribution is 2.25. The Kier molecular flexibility index (Phi) is 5.62. The van der Waals surface area contributed by atoms with Gasteiger partial charge in [0.1, 0.15) is 6.61 Å². The van der Waals surface area contributed by atoms with Crippen LogP contribution in [0.5, 0.6) is 5.75 Å². The van der Waals surface area contributed by atoms with E-state index in [1.54, 1.807) is 0 Å². The van der Waals surface area contributed by atoms with E-state index in [1.165, 1.54) is 0 Å². The number of halogens is 3. The van der Waals surface area contributed by atoms with Crippen LogP contribution in [-0.2, 0) is 0 Å². The third kappa shape index (κ3) is 3.89. The summed E-state index contributed by atoms with van der Waals surface area (Å²) in [6, 6.07) is 1.67. The second-order valence-corrected chi connectivity index (χ2v) is 5.70. The lowest BCUT2D eigenvalue weighted by atomic mass is 9.94. The van der Waals surface area contributed by atoms with E-state index in [4.69, 9.17) is 22.8 Å². The van der Waals surface area contributed by atoms with Crippen LogP contribution in [0.15, 0.2) is 12.1 Å². The lowest BCUT2D eigenvalue weighted by Gasteiger charge is -2.27. The zero-order chi connectivity index (χ0) is 16.1. The molecule has 2 unspecified atom stereocenters. The van der Waals surface area contributed by atoms with Crippen LogP contribution in [0.3, 0.4) is 0 Å². The van der Waals surface area contributed by atoms with Crippen molar-refractivity contribution in [2.24, 2.45) is 0 Å². The van der Waals surface area contributed by atoms with Gasteiger partial charge in [-0.1, -0.05) is 18.8 Å². The van der Waals surface area contributed by atoms with Crippen molar-refractivity contribution in [3.05, 3.63) is 29.3 Å². The highest BCUT2D eigenvalue weighted by Gasteiger charge is 2.26. The zero-order valence-corrected chi connectivity index (χ0v) is 12.6. The van der Waals surface area contributed by atoms with Gasteiger partial charge >= 0.3 is 0 Å². The van der Waals surface area contributed by atoms with Gasteiger partial charge < -0.3 is 10.1 Å². The van der Waals surface area contributed by atoms with Crippen LogP contribution in [0.2, 0.25) is 0 Å². The second kappa shape index (κ2) is 7.46. The van der Waals surface area contributed by atoms with Gasteiger partial charge in [0, 0.05) is 11.6 Å². The maximum Gasteiger partial charge on any atom is 0.251 e. The Bertz CT molecular complexity index is 577. The van der Waals surface area contributed by atoms with E-state index < -0.39 is 23.3 Å². The molecule has 22 heavy (non-hydrogen) atoms. The molecule has 0 aromatic heterocycles. The molecule has 0 spiro atoms. The van der Waals surface area contributed by atoms with E-state index in [2.05, 4.69) is 11.2 Å². The Morgan fingerprint density at radius 2 is 2.00 bits per heavy atom. The summed E-state index contributed by atoms with van der Waals surface area (Å²) in [5, 5.41) is 2.56. The number of rotatable bonds is 4. The number of amides is 1. The van der Waals surface area contributed by atoms with E-state index in [0.717, 1.165) is 37.8 Å². The van der Waals surface area contributed by atoms with Gasteiger partial charge in [-0.25, -0.2) is 8.78 Å². The minimum atomic E-state index is -0.966. The van der Waals surface area contributed by atoms with Gasteiger partial charge in [0.2, 0.25) is 0 Å². The number of nitrogens with one attached hydrogen (secondary N) is 1. The summed E-state index contributed by atoms with van der Waals surface area (Å²) < 4.78 is 32.4. The van der Waals surface area contributed by atoms with Crippen molar-refractivity contribution in [3.8, 4) is 18.1 Å². The molecule has 1 aliphatic rings. The number of terminal acetylenes is 1. The van der Waals surface area contributed by atoms with E-state index in [-0.39, 0.29) is 23.6 Å². The molecule has 1 fully saturated rings. The molecule has 0 radical (unpaired) electrons. The van der Waals surface area contributed by atoms with Crippen LogP contribution in [-0.4, -0.2) is 23.9 Å². The number of hydrogen-bond acceptors (Lipinski definition) is 2. The Balaban J connectivity index is 2.11. The monoisotopic (exact) mass is 327 g/mol. The van der Waals surface area contributed by atoms with Gasteiger partial charge in [-0.2, -0.15) is 0 Å². The molecule has 1 N–H and O–H groups in total. The van der Waals surface area contributed by atoms with Crippen molar-refractivity contribution in [1.29, 1.82) is 0 Å². The van der Waals surface area contributed by atoms with E-state index in [9.17, 15) is 13.6 Å². The van der Waals surface area contributed by atoms with Crippen molar-refractivity contribution >= 4 is 17.5 Å². The molecular weight excluding hydrogens is 312 g/mol. The van der Waals surface area contributed by atoms with Crippen LogP contribution in [0.1, 0.15) is 36.0 Å². The smallest absolute Gasteiger partial charge is 0.251 e. The third-order valence-electron chi connectivity index (χ3n) is 3.56. The van der Waals surface area contributed by atoms with Gasteiger partial charge in [0.05, 0.1) is 5.38 Å². The molecule has 1 aliphatic carbocycles. The highest BCUT2D eigenvalue weighted by atomic mass is 35.5. The predicted octanol–water partition coefficient (Wildman–Crippen LogP) is 3.26. The minimum absolute atomic E-state index is 0.113. The van der Waals surface area contributed by atoms with Crippen molar-refractivity contribution < 1.29 is 18.3 Å². The van der Waals surface area contributed by atoms with Gasteiger partial charge in [0.15, 0.2) is 17.4 Å². The Morgan fingerprint density at radius 1 is 1.36 bits per heavy atom. The Hall–Kier alpha value is -1.80. The van der Waals surface area contributed by atoms with E-state index in [0.29, 0.717) is 0 Å². The van der Waals surface area contributed by atoms with Crippen molar-refractivity contribution in [2.45, 2.75) is 37.1 Å². The second-order valence-electron chi connectivity index (χ2n) is 5.14. The van der Waals surface area contributed by atoms with E-state index in [1.807, 2.05) is 0 Å². The largest absolute Gasteiger partial charge is 0.475 e. The lowest BCUT2D eigenvalue weighted by Crippen LogP contribution is -2.42. The Labute approximate surface area is 133 Å². The maximum absolute atomic E-state index is 13.8. The fraction of sp³-hybridized carbons (Fsp3) is 0.438. The normalized spacial score (nSPS) is 21.0. The minimum Gasteiger partial charge on any atom is -0.475 e. The third-order valence-corrected chi connectivity index (χ3v) is 4.08. The molecule has 118 valence electrons. The van der Waals surface area contributed by atoms with Crippen molar-refractivity contribution in [3.63, 3.8) is 0 Å². The highest BCUT2D eigenvalue weighted by molar-refractivity contribution is 6.21. The Morgan fingerprint density at radius 3 is 2.59 bits per heavy atom. The van der Waals surface area contributed by atoms with Crippen molar-refractivity contribution in [1.82, 2.24) is 5.32 Å². The summed E-state index contributed by atoms with van der Waals surface area (Å²) >= 11 is 6.16. The summed E-state index contributed by atoms with van der Waals surface area (Å²) in [6.45, 7) is -0.255. The molecular formula is C16H16ClF2NO2. The number of hydrogen-bond donors (Lipinski definition) is 1. The molecule has 1 amide bonds. The van der Waals surface area contributed by atoms with Crippen LogP contribution in [0, 0.1) is 24.0 Å². The molecule has 0 heterocycles. The molecule has 0 saturated heterocycles. The summed E-state index contributed by atoms with van der Waals surface area (Å²) in [5.74, 6) is -0.953. The maximum atomic E-state index is 13.8. The first-order chi connectivity index (χ1) is 10.5. The fourth-order valence-electron chi connectivity index (χ4n) is 2.44. The van der Waals surface area contributed by atoms with Gasteiger partial charge in [-0.05, 0) is 25.0 Å². The quantitative estimate of drug-likeness (QED) is 0.681. The first-order valence-corrected chi connectivity index (χ1v) is 7.46. The SMILES string of the molecule is C#CCOc1c(F)cc(C(=O)NC2CCCCC2Cl)cc1F. The molecule has 0 aliphatic heterocycles. The standard InChI is InChI=1S/C16H16ClF2NO2/c1-2-7-22-15-12(18)8-10(9-13(15)19)16(21)20-14-6-4-3-5-11(14)17/h1,8-9,11,14H,3-7H2,(H,20,21). The average Bonchev–Trinajstić information content (AvgIpc) is 2.48. The van der Waals surface area contributed by atoms with Gasteiger partial charge in [-0.3, -0.25) is 4.79 Å². The topological polar surface area (TPSA) is 38.3 Å². The van der Waals surface area contributed by atoms with Crippen LogP contribution in [0.25, 0.3) is 0 Å². The molecule has 1 aromatic rings. The zero-order valence-electron chi connectivity index (χ0n) is 11.9. The predicted molar refractivity (Wildman–Crippen MR) is 80.0 cm³/mol. The average molecular weight is 328 g/mol. The summed E-state index contributed by atoms with van der Waals surface area (Å²) in [5.41, 5.74) is -0.113. The summed E-state index contributed by atoms with van der Waals surface area (Å²) in [4.78, 5) is 12.1. The van der Waals surface area contributed by atoms with Crippen LogP contribution >= 0.6 is 11.6 Å². The molecule has 1 aromatic carbocycles. The van der Waals surface area contributed by atoms with Gasteiger partial charge in [0.25, 0.3) is 5.91 Å². The first kappa shape index (κ1) is 16.6. The molecule has 2 atom stereocenters. The van der Waals surface area contributed by atoms with Gasteiger partial charge in [-0.15, -0.1) is 18.0 Å². The van der Waals surface area contributed by atoms with E-state index >= 15 is 0 Å². The number of ether oxygens (including phenoxy) is 1. The van der Waals surface area contributed by atoms with Crippen LogP contribution < -0.4 is 10.1 Å². The first-order valence-electron chi connectivity index (χ1n) is 7.03. The molecule has 0 bridgehead atoms. The summed E-state index contributed by atoms with van der Waals surface area (Å²) in [6.07, 6.45) is 8.53. The molecule has 6 heteroatoms.